The van der Waals surface area contributed by atoms with Crippen molar-refractivity contribution in [3.05, 3.63) is 41.8 Å². The molecule has 1 fully saturated rings. The maximum Gasteiger partial charge on any atom is 0.222 e. The molecule has 38 heavy (non-hydrogen) atoms. The number of nitrogens with zero attached hydrogens (tertiary/aromatic N) is 8. The summed E-state index contributed by atoms with van der Waals surface area (Å²) in [5, 5.41) is 8.54. The Hall–Kier alpha value is -3.61. The third-order valence-electron chi connectivity index (χ3n) is 6.75. The molecule has 1 N–H and O–H groups in total. The molecule has 1 atom stereocenters. The van der Waals surface area contributed by atoms with Gasteiger partial charge in [-0.1, -0.05) is 0 Å². The number of anilines is 2. The number of likely N-dealkylation sites (N-methyl/N-ethyl adjacent to an activating group) is 1. The smallest absolute Gasteiger partial charge is 0.222 e. The average Bonchev–Trinajstić information content (AvgIpc) is 3.52. The lowest BCUT2D eigenvalue weighted by Gasteiger charge is -2.31. The molecular weight excluding hydrogens is 502 g/mol. The zero-order valence-electron chi connectivity index (χ0n) is 21.8. The second kappa shape index (κ2) is 10.6. The SMILES string of the molecule is C[C@H]1CCOc2c(cnn2C)-c2nccc(n2)Nc2cc(c(-c3ncc(CN4CCN(C)CC4)s3)cn2)O1. The van der Waals surface area contributed by atoms with Crippen LogP contribution < -0.4 is 14.8 Å². The Morgan fingerprint density at radius 3 is 2.76 bits per heavy atom. The minimum absolute atomic E-state index is 0.0949. The number of pyridine rings is 1. The van der Waals surface area contributed by atoms with Gasteiger partial charge in [-0.05, 0) is 20.0 Å². The molecule has 0 aromatic carbocycles. The fourth-order valence-corrected chi connectivity index (χ4v) is 5.50. The predicted molar refractivity (Wildman–Crippen MR) is 146 cm³/mol. The van der Waals surface area contributed by atoms with Gasteiger partial charge in [-0.2, -0.15) is 5.10 Å². The van der Waals surface area contributed by atoms with E-state index >= 15 is 0 Å². The second-order valence-electron chi connectivity index (χ2n) is 9.72. The summed E-state index contributed by atoms with van der Waals surface area (Å²) in [5.41, 5.74) is 1.62. The highest BCUT2D eigenvalue weighted by molar-refractivity contribution is 7.15. The van der Waals surface area contributed by atoms with E-state index in [1.807, 2.05) is 32.4 Å². The first-order valence-electron chi connectivity index (χ1n) is 12.8. The molecule has 1 saturated heterocycles. The second-order valence-corrected chi connectivity index (χ2v) is 10.8. The monoisotopic (exact) mass is 533 g/mol. The summed E-state index contributed by atoms with van der Waals surface area (Å²) in [6, 6.07) is 3.72. The van der Waals surface area contributed by atoms with Gasteiger partial charge in [0, 0.05) is 75.7 Å². The average molecular weight is 534 g/mol. The molecule has 2 aliphatic heterocycles. The minimum atomic E-state index is -0.0949. The normalized spacial score (nSPS) is 18.6. The largest absolute Gasteiger partial charge is 0.490 e. The molecule has 6 heterocycles. The molecule has 11 nitrogen and oxygen atoms in total. The van der Waals surface area contributed by atoms with Crippen LogP contribution >= 0.6 is 11.3 Å². The molecule has 0 unspecified atom stereocenters. The molecule has 4 aromatic heterocycles. The van der Waals surface area contributed by atoms with E-state index in [0.717, 1.165) is 54.6 Å². The van der Waals surface area contributed by atoms with Gasteiger partial charge >= 0.3 is 0 Å². The Labute approximate surface area is 225 Å². The molecule has 0 spiro atoms. The van der Waals surface area contributed by atoms with E-state index in [9.17, 15) is 0 Å². The van der Waals surface area contributed by atoms with Crippen molar-refractivity contribution in [1.29, 1.82) is 0 Å². The first kappa shape index (κ1) is 24.7. The lowest BCUT2D eigenvalue weighted by molar-refractivity contribution is 0.149. The van der Waals surface area contributed by atoms with Gasteiger partial charge in [-0.3, -0.25) is 4.90 Å². The van der Waals surface area contributed by atoms with Gasteiger partial charge in [-0.25, -0.2) is 24.6 Å². The highest BCUT2D eigenvalue weighted by Gasteiger charge is 2.20. The zero-order valence-corrected chi connectivity index (χ0v) is 22.6. The predicted octanol–water partition coefficient (Wildman–Crippen LogP) is 3.44. The van der Waals surface area contributed by atoms with Crippen molar-refractivity contribution in [2.75, 3.05) is 45.2 Å². The van der Waals surface area contributed by atoms with Crippen LogP contribution in [0, 0.1) is 0 Å². The first-order chi connectivity index (χ1) is 18.5. The molecular formula is C26H31N9O2S. The molecule has 4 aromatic rings. The Morgan fingerprint density at radius 1 is 1.03 bits per heavy atom. The summed E-state index contributed by atoms with van der Waals surface area (Å²) < 4.78 is 14.3. The molecule has 4 bridgehead atoms. The van der Waals surface area contributed by atoms with E-state index in [1.165, 1.54) is 4.88 Å². The molecule has 2 aliphatic rings. The number of aryl methyl sites for hydroxylation is 1. The van der Waals surface area contributed by atoms with Crippen LogP contribution in [0.3, 0.4) is 0 Å². The number of rotatable bonds is 3. The molecule has 0 amide bonds. The molecule has 0 saturated carbocycles. The molecule has 0 aliphatic carbocycles. The Bertz CT molecular complexity index is 1410. The number of piperazine rings is 1. The third-order valence-corrected chi connectivity index (χ3v) is 7.77. The Balaban J connectivity index is 1.29. The fourth-order valence-electron chi connectivity index (χ4n) is 4.53. The van der Waals surface area contributed by atoms with E-state index in [0.29, 0.717) is 36.4 Å². The van der Waals surface area contributed by atoms with Gasteiger partial charge in [0.25, 0.3) is 0 Å². The highest BCUT2D eigenvalue weighted by Crippen LogP contribution is 2.36. The molecule has 12 heteroatoms. The van der Waals surface area contributed by atoms with Gasteiger partial charge in [-0.15, -0.1) is 11.3 Å². The topological polar surface area (TPSA) is 106 Å². The van der Waals surface area contributed by atoms with Gasteiger partial charge in [0.1, 0.15) is 28.0 Å². The van der Waals surface area contributed by atoms with E-state index in [2.05, 4.69) is 42.2 Å². The number of aromatic nitrogens is 6. The van der Waals surface area contributed by atoms with Crippen molar-refractivity contribution in [1.82, 2.24) is 39.5 Å². The van der Waals surface area contributed by atoms with Gasteiger partial charge in [0.2, 0.25) is 5.88 Å². The number of ether oxygens (including phenoxy) is 2. The van der Waals surface area contributed by atoms with Gasteiger partial charge < -0.3 is 19.7 Å². The fraction of sp³-hybridized carbons (Fsp3) is 0.423. The van der Waals surface area contributed by atoms with E-state index in [4.69, 9.17) is 14.5 Å². The van der Waals surface area contributed by atoms with Crippen LogP contribution in [0.25, 0.3) is 22.0 Å². The summed E-state index contributed by atoms with van der Waals surface area (Å²) in [7, 11) is 4.02. The number of thiazole rings is 1. The van der Waals surface area contributed by atoms with E-state index < -0.39 is 0 Å². The van der Waals surface area contributed by atoms with Gasteiger partial charge in [0.05, 0.1) is 24.5 Å². The molecule has 6 rings (SSSR count). The van der Waals surface area contributed by atoms with Crippen LogP contribution in [0.15, 0.2) is 36.9 Å². The van der Waals surface area contributed by atoms with Crippen molar-refractivity contribution in [3.63, 3.8) is 0 Å². The number of hydrogen-bond donors (Lipinski definition) is 1. The maximum atomic E-state index is 6.45. The van der Waals surface area contributed by atoms with Crippen molar-refractivity contribution < 1.29 is 9.47 Å². The highest BCUT2D eigenvalue weighted by atomic mass is 32.1. The standard InChI is InChI=1S/C26H31N9O2S/c1-17-5-11-36-26-20(15-30-34(26)3)24-27-6-4-22(32-24)31-23-12-21(37-17)19(14-28-23)25-29-13-18(38-25)16-35-9-7-33(2)8-10-35/h4,6,12-15,17H,5,7-11,16H2,1-3H3,(H,27,28,31,32)/t17-/m0/s1. The van der Waals surface area contributed by atoms with Crippen LogP contribution in [-0.4, -0.2) is 85.5 Å². The minimum Gasteiger partial charge on any atom is -0.490 e. The van der Waals surface area contributed by atoms with E-state index in [1.54, 1.807) is 34.5 Å². The Kier molecular flexibility index (Phi) is 6.92. The van der Waals surface area contributed by atoms with E-state index in [-0.39, 0.29) is 6.10 Å². The number of hydrogen-bond acceptors (Lipinski definition) is 11. The summed E-state index contributed by atoms with van der Waals surface area (Å²) >= 11 is 1.69. The van der Waals surface area contributed by atoms with Gasteiger partial charge in [0.15, 0.2) is 5.82 Å². The number of nitrogens with one attached hydrogen (secondary N) is 1. The van der Waals surface area contributed by atoms with Crippen molar-refractivity contribution >= 4 is 23.0 Å². The summed E-state index contributed by atoms with van der Waals surface area (Å²) in [5.74, 6) is 3.13. The summed E-state index contributed by atoms with van der Waals surface area (Å²) in [6.45, 7) is 7.76. The van der Waals surface area contributed by atoms with Crippen molar-refractivity contribution in [3.8, 4) is 33.6 Å². The Morgan fingerprint density at radius 2 is 1.89 bits per heavy atom. The molecule has 198 valence electrons. The lowest BCUT2D eigenvalue weighted by Crippen LogP contribution is -2.43. The quantitative estimate of drug-likeness (QED) is 0.421. The van der Waals surface area contributed by atoms with Crippen LogP contribution in [0.2, 0.25) is 0 Å². The van der Waals surface area contributed by atoms with Crippen LogP contribution in [0.1, 0.15) is 18.2 Å². The maximum absolute atomic E-state index is 6.45. The summed E-state index contributed by atoms with van der Waals surface area (Å²) in [6.07, 6.45) is 7.82. The summed E-state index contributed by atoms with van der Waals surface area (Å²) in [4.78, 5) is 24.6. The lowest BCUT2D eigenvalue weighted by atomic mass is 10.2. The first-order valence-corrected chi connectivity index (χ1v) is 13.6. The van der Waals surface area contributed by atoms with Crippen LogP contribution in [-0.2, 0) is 13.6 Å². The van der Waals surface area contributed by atoms with Crippen LogP contribution in [0.4, 0.5) is 11.6 Å². The number of fused-ring (bicyclic) bond motifs is 6. The van der Waals surface area contributed by atoms with Crippen LogP contribution in [0.5, 0.6) is 11.6 Å². The van der Waals surface area contributed by atoms with Crippen molar-refractivity contribution in [2.24, 2.45) is 7.05 Å². The third kappa shape index (κ3) is 5.33. The zero-order chi connectivity index (χ0) is 26.1. The van der Waals surface area contributed by atoms with Crippen molar-refractivity contribution in [2.45, 2.75) is 26.0 Å². The molecule has 0 radical (unpaired) electrons.